The number of nitrogen functional groups attached to an aromatic ring is 1. The van der Waals surface area contributed by atoms with E-state index in [9.17, 15) is 80.3 Å². The van der Waals surface area contributed by atoms with Gasteiger partial charge in [0.25, 0.3) is 5.91 Å². The Hall–Kier alpha value is -9.02. The van der Waals surface area contributed by atoms with Crippen LogP contribution >= 0.6 is 0 Å². The first-order valence-electron chi connectivity index (χ1n) is 19.4. The number of alkyl halides is 16. The molecule has 0 fully saturated rings. The molecule has 0 aliphatic rings. The second kappa shape index (κ2) is 18.6. The monoisotopic (exact) mass is 1050 g/mol. The van der Waals surface area contributed by atoms with E-state index in [0.29, 0.717) is 20.5 Å². The number of nitrogens with one attached hydrogen (secondary N) is 1. The number of amides is 1. The maximum Gasteiger partial charge on any atom is 0.459 e. The van der Waals surface area contributed by atoms with Crippen LogP contribution < -0.4 is 11.1 Å². The zero-order valence-electron chi connectivity index (χ0n) is 36.2. The van der Waals surface area contributed by atoms with Crippen LogP contribution in [-0.4, -0.2) is 67.8 Å². The van der Waals surface area contributed by atoms with Crippen LogP contribution in [0.3, 0.4) is 0 Å². The highest BCUT2D eigenvalue weighted by atomic mass is 19.4. The smallest absolute Gasteiger partial charge is 0.398 e. The first-order chi connectivity index (χ1) is 33.7. The molecule has 32 heteroatoms. The minimum absolute atomic E-state index is 0.0178. The molecular formula is C41H23F16N15O. The highest BCUT2D eigenvalue weighted by molar-refractivity contribution is 6.06. The van der Waals surface area contributed by atoms with E-state index in [2.05, 4.69) is 36.1 Å². The first kappa shape index (κ1) is 53.3. The van der Waals surface area contributed by atoms with Gasteiger partial charge in [0.15, 0.2) is 23.0 Å². The van der Waals surface area contributed by atoms with Gasteiger partial charge in [-0.2, -0.15) is 96.2 Å². The van der Waals surface area contributed by atoms with E-state index >= 15 is 0 Å². The molecule has 0 unspecified atom stereocenters. The van der Waals surface area contributed by atoms with Gasteiger partial charge in [-0.3, -0.25) is 4.79 Å². The molecule has 0 bridgehead atoms. The predicted octanol–water partition coefficient (Wildman–Crippen LogP) is 9.44. The topological polar surface area (TPSA) is 224 Å². The van der Waals surface area contributed by atoms with Crippen LogP contribution in [0.15, 0.2) is 67.0 Å². The molecule has 380 valence electrons. The number of halogens is 16. The summed E-state index contributed by atoms with van der Waals surface area (Å²) >= 11 is 0. The van der Waals surface area contributed by atoms with Crippen LogP contribution in [0.5, 0.6) is 0 Å². The van der Waals surface area contributed by atoms with Crippen LogP contribution in [0.25, 0.3) is 34.2 Å². The highest BCUT2D eigenvalue weighted by Crippen LogP contribution is 2.51. The maximum absolute atomic E-state index is 14.0. The van der Waals surface area contributed by atoms with Crippen LogP contribution in [0, 0.1) is 40.9 Å². The zero-order valence-corrected chi connectivity index (χ0v) is 36.2. The molecule has 0 saturated heterocycles. The lowest BCUT2D eigenvalue weighted by Gasteiger charge is -2.19. The Labute approximate surface area is 395 Å². The van der Waals surface area contributed by atoms with E-state index in [4.69, 9.17) is 16.3 Å². The van der Waals surface area contributed by atoms with Crippen LogP contribution in [0.2, 0.25) is 0 Å². The van der Waals surface area contributed by atoms with Crippen molar-refractivity contribution in [2.75, 3.05) is 11.1 Å². The van der Waals surface area contributed by atoms with Gasteiger partial charge in [-0.25, -0.2) is 18.7 Å². The number of aromatic nitrogens is 10. The molecule has 4 heterocycles. The lowest BCUT2D eigenvalue weighted by atomic mass is 10.0. The average molecular weight is 1050 g/mol. The van der Waals surface area contributed by atoms with Crippen LogP contribution in [-0.2, 0) is 38.3 Å². The Bertz CT molecular complexity index is 3410. The lowest BCUT2D eigenvalue weighted by molar-refractivity contribution is -0.292. The Morgan fingerprint density at radius 3 is 1.42 bits per heavy atom. The van der Waals surface area contributed by atoms with Crippen LogP contribution in [0.1, 0.15) is 55.1 Å². The summed E-state index contributed by atoms with van der Waals surface area (Å²) in [5.41, 5.74) is -3.05. The number of nitriles is 3. The third-order valence-corrected chi connectivity index (χ3v) is 10.1. The summed E-state index contributed by atoms with van der Waals surface area (Å²) in [5, 5.41) is 49.7. The number of anilines is 2. The molecule has 7 rings (SSSR count). The molecule has 0 aliphatic heterocycles. The van der Waals surface area contributed by atoms with Gasteiger partial charge in [0, 0.05) is 30.8 Å². The van der Waals surface area contributed by atoms with E-state index in [-0.39, 0.29) is 59.9 Å². The standard InChI is InChI=1S/C25H14F8N8O.C16H9F8N7/c1-12-7-13(9-34)3-6-16(12)21(42)36-17-8-14(4-5-15(17)10-35)18-11-41(39-37-18)22-19(24(28,29)30)20(38-40(22)2)23(26,27)25(31,32)33;1-30-13(11(15(19,20)21)12(28-30)14(17,18)16(22,23)24)31-6-10(27-29-31)7-2-3-8(5-25)9(26)4-7/h3-8,11H,1-2H3,(H,36,42);2-4,6H,26H2,1H3. The fourth-order valence-corrected chi connectivity index (χ4v) is 6.69. The molecule has 0 aliphatic carbocycles. The molecule has 73 heavy (non-hydrogen) atoms. The van der Waals surface area contributed by atoms with Crippen molar-refractivity contribution in [1.29, 1.82) is 15.8 Å². The van der Waals surface area contributed by atoms with Gasteiger partial charge < -0.3 is 11.1 Å². The Balaban J connectivity index is 0.000000249. The molecule has 0 spiro atoms. The van der Waals surface area contributed by atoms with Gasteiger partial charge in [0.1, 0.15) is 34.7 Å². The van der Waals surface area contributed by atoms with E-state index in [1.165, 1.54) is 54.6 Å². The van der Waals surface area contributed by atoms with Gasteiger partial charge in [-0.05, 0) is 55.0 Å². The summed E-state index contributed by atoms with van der Waals surface area (Å²) in [5.74, 6) is -14.9. The third kappa shape index (κ3) is 10.1. The molecule has 0 saturated carbocycles. The van der Waals surface area contributed by atoms with Crippen molar-refractivity contribution in [3.63, 3.8) is 0 Å². The number of aryl methyl sites for hydroxylation is 3. The van der Waals surface area contributed by atoms with Gasteiger partial charge in [-0.15, -0.1) is 10.2 Å². The van der Waals surface area contributed by atoms with Crippen molar-refractivity contribution in [3.8, 4) is 52.4 Å². The van der Waals surface area contributed by atoms with Crippen molar-refractivity contribution in [2.24, 2.45) is 14.1 Å². The van der Waals surface area contributed by atoms with Gasteiger partial charge in [0.05, 0.1) is 46.5 Å². The average Bonchev–Trinajstić information content (AvgIpc) is 4.11. The number of nitrogens with zero attached hydrogens (tertiary/aromatic N) is 13. The van der Waals surface area contributed by atoms with Gasteiger partial charge >= 0.3 is 36.6 Å². The third-order valence-electron chi connectivity index (χ3n) is 10.1. The van der Waals surface area contributed by atoms with E-state index in [0.717, 1.165) is 26.5 Å². The van der Waals surface area contributed by atoms with E-state index in [1.54, 1.807) is 13.0 Å². The molecule has 0 radical (unpaired) electrons. The van der Waals surface area contributed by atoms with Crippen molar-refractivity contribution in [1.82, 2.24) is 49.5 Å². The number of hydrogen-bond acceptors (Lipinski definition) is 11. The number of nitrogens with two attached hydrogens (primary N) is 1. The van der Waals surface area contributed by atoms with Gasteiger partial charge in [0.2, 0.25) is 0 Å². The SMILES string of the molecule is Cc1cc(C#N)ccc1C(=O)Nc1cc(-c2cn(-c3c(C(F)(F)F)c(C(F)(F)C(F)(F)F)nn3C)nn2)ccc1C#N.Cn1nc(C(F)(F)C(F)(F)F)c(C(F)(F)F)c1-n1cc(-c2ccc(C#N)c(N)c2)nn1. The molecular weight excluding hydrogens is 1020 g/mol. The number of hydrogen-bond donors (Lipinski definition) is 2. The molecule has 3 aromatic carbocycles. The first-order valence-corrected chi connectivity index (χ1v) is 19.4. The molecule has 16 nitrogen and oxygen atoms in total. The predicted molar refractivity (Wildman–Crippen MR) is 215 cm³/mol. The summed E-state index contributed by atoms with van der Waals surface area (Å²) in [7, 11) is 1.48. The Kier molecular flexibility index (Phi) is 13.6. The second-order valence-electron chi connectivity index (χ2n) is 15.0. The summed E-state index contributed by atoms with van der Waals surface area (Å²) in [6.45, 7) is 1.58. The van der Waals surface area contributed by atoms with Crippen molar-refractivity contribution in [3.05, 3.63) is 117 Å². The lowest BCUT2D eigenvalue weighted by Crippen LogP contribution is -2.36. The maximum atomic E-state index is 14.0. The number of benzene rings is 3. The Morgan fingerprint density at radius 1 is 0.603 bits per heavy atom. The van der Waals surface area contributed by atoms with Crippen molar-refractivity contribution < 1.29 is 75.0 Å². The van der Waals surface area contributed by atoms with Crippen molar-refractivity contribution >= 4 is 17.3 Å². The van der Waals surface area contributed by atoms with Crippen LogP contribution in [0.4, 0.5) is 81.6 Å². The molecule has 4 aromatic heterocycles. The summed E-state index contributed by atoms with van der Waals surface area (Å²) in [4.78, 5) is 12.9. The molecule has 1 amide bonds. The summed E-state index contributed by atoms with van der Waals surface area (Å²) < 4.78 is 216. The minimum atomic E-state index is -6.37. The summed E-state index contributed by atoms with van der Waals surface area (Å²) in [6, 6.07) is 17.6. The zero-order chi connectivity index (χ0) is 54.6. The minimum Gasteiger partial charge on any atom is -0.398 e. The number of carbonyl (C=O) groups excluding carboxylic acids is 1. The Morgan fingerprint density at radius 2 is 1.04 bits per heavy atom. The summed E-state index contributed by atoms with van der Waals surface area (Å²) in [6.07, 6.45) is -22.3. The highest BCUT2D eigenvalue weighted by Gasteiger charge is 2.65. The molecule has 3 N–H and O–H groups in total. The number of carbonyl (C=O) groups is 1. The van der Waals surface area contributed by atoms with Gasteiger partial charge in [-0.1, -0.05) is 22.6 Å². The normalized spacial score (nSPS) is 12.4. The fraction of sp³-hybridized carbons (Fsp3) is 0.220. The van der Waals surface area contributed by atoms with E-state index < -0.39 is 76.6 Å². The van der Waals surface area contributed by atoms with Crippen molar-refractivity contribution in [2.45, 2.75) is 43.5 Å². The fourth-order valence-electron chi connectivity index (χ4n) is 6.69. The largest absolute Gasteiger partial charge is 0.459 e. The number of rotatable bonds is 8. The second-order valence-corrected chi connectivity index (χ2v) is 15.0. The van der Waals surface area contributed by atoms with E-state index in [1.807, 2.05) is 12.1 Å². The molecule has 7 aromatic rings. The molecule has 0 atom stereocenters. The quantitative estimate of drug-likeness (QED) is 0.108.